The van der Waals surface area contributed by atoms with Gasteiger partial charge in [-0.25, -0.2) is 0 Å². The zero-order valence-electron chi connectivity index (χ0n) is 12.5. The minimum atomic E-state index is -2.40. The summed E-state index contributed by atoms with van der Waals surface area (Å²) in [6.45, 7) is 7.87. The molecule has 0 amide bonds. The van der Waals surface area contributed by atoms with Gasteiger partial charge in [0.15, 0.2) is 0 Å². The second-order valence-electron chi connectivity index (χ2n) is 4.87. The molecule has 0 aliphatic carbocycles. The Bertz CT molecular complexity index is 608. The predicted octanol–water partition coefficient (Wildman–Crippen LogP) is 5.05. The Hall–Kier alpha value is -1.49. The molecule has 5 heteroatoms. The van der Waals surface area contributed by atoms with Crippen molar-refractivity contribution in [2.75, 3.05) is 5.32 Å². The highest BCUT2D eigenvalue weighted by Crippen LogP contribution is 2.32. The molecule has 21 heavy (non-hydrogen) atoms. The van der Waals surface area contributed by atoms with Crippen LogP contribution in [0.25, 0.3) is 0 Å². The van der Waals surface area contributed by atoms with E-state index in [1.54, 1.807) is 12.1 Å². The maximum absolute atomic E-state index is 12.6. The lowest BCUT2D eigenvalue weighted by molar-refractivity contribution is 0.252. The van der Waals surface area contributed by atoms with Crippen LogP contribution in [0.2, 0.25) is 0 Å². The van der Waals surface area contributed by atoms with Crippen LogP contribution in [-0.2, 0) is 13.1 Å². The van der Waals surface area contributed by atoms with Gasteiger partial charge in [0.25, 0.3) is 5.76 Å². The Morgan fingerprint density at radius 1 is 1.24 bits per heavy atom. The van der Waals surface area contributed by atoms with Crippen LogP contribution in [0.15, 0.2) is 35.2 Å². The molecule has 0 atom stereocenters. The SMILES string of the molecule is CCn1c(C)cc(CNc2ccccc2SC(F)F)c1C. The Morgan fingerprint density at radius 3 is 2.57 bits per heavy atom. The van der Waals surface area contributed by atoms with Gasteiger partial charge in [0.1, 0.15) is 0 Å². The fourth-order valence-corrected chi connectivity index (χ4v) is 3.16. The van der Waals surface area contributed by atoms with E-state index in [-0.39, 0.29) is 0 Å². The van der Waals surface area contributed by atoms with Crippen molar-refractivity contribution >= 4 is 17.4 Å². The van der Waals surface area contributed by atoms with Crippen molar-refractivity contribution in [2.45, 2.75) is 44.5 Å². The monoisotopic (exact) mass is 310 g/mol. The van der Waals surface area contributed by atoms with Gasteiger partial charge in [-0.15, -0.1) is 0 Å². The van der Waals surface area contributed by atoms with Crippen LogP contribution in [0.1, 0.15) is 23.9 Å². The molecule has 2 rings (SSSR count). The summed E-state index contributed by atoms with van der Waals surface area (Å²) < 4.78 is 27.4. The van der Waals surface area contributed by atoms with Gasteiger partial charge in [-0.1, -0.05) is 23.9 Å². The van der Waals surface area contributed by atoms with E-state index >= 15 is 0 Å². The van der Waals surface area contributed by atoms with Crippen LogP contribution in [0.3, 0.4) is 0 Å². The molecule has 0 spiro atoms. The number of thioether (sulfide) groups is 1. The first kappa shape index (κ1) is 15.9. The molecular weight excluding hydrogens is 290 g/mol. The van der Waals surface area contributed by atoms with Crippen molar-refractivity contribution in [3.05, 3.63) is 47.3 Å². The van der Waals surface area contributed by atoms with E-state index < -0.39 is 5.76 Å². The average molecular weight is 310 g/mol. The maximum atomic E-state index is 12.6. The molecule has 1 aromatic carbocycles. The first-order valence-corrected chi connectivity index (χ1v) is 7.84. The highest BCUT2D eigenvalue weighted by atomic mass is 32.2. The van der Waals surface area contributed by atoms with Gasteiger partial charge in [-0.05, 0) is 44.5 Å². The van der Waals surface area contributed by atoms with Gasteiger partial charge in [-0.2, -0.15) is 8.78 Å². The van der Waals surface area contributed by atoms with Crippen molar-refractivity contribution < 1.29 is 8.78 Å². The molecule has 0 aliphatic heterocycles. The average Bonchev–Trinajstić information content (AvgIpc) is 2.71. The van der Waals surface area contributed by atoms with Crippen molar-refractivity contribution in [2.24, 2.45) is 0 Å². The number of anilines is 1. The molecule has 0 unspecified atom stereocenters. The van der Waals surface area contributed by atoms with Gasteiger partial charge in [0, 0.05) is 35.1 Å². The van der Waals surface area contributed by atoms with Gasteiger partial charge in [0.05, 0.1) is 0 Å². The van der Waals surface area contributed by atoms with E-state index in [2.05, 4.69) is 36.7 Å². The number of benzene rings is 1. The topological polar surface area (TPSA) is 17.0 Å². The summed E-state index contributed by atoms with van der Waals surface area (Å²) >= 11 is 0.576. The molecule has 1 aromatic heterocycles. The minimum absolute atomic E-state index is 0.576. The summed E-state index contributed by atoms with van der Waals surface area (Å²) in [5.41, 5.74) is 4.40. The smallest absolute Gasteiger partial charge is 0.288 e. The lowest BCUT2D eigenvalue weighted by atomic mass is 10.2. The van der Waals surface area contributed by atoms with Gasteiger partial charge < -0.3 is 9.88 Å². The Labute approximate surface area is 128 Å². The van der Waals surface area contributed by atoms with E-state index in [0.29, 0.717) is 23.2 Å². The highest BCUT2D eigenvalue weighted by Gasteiger charge is 2.11. The summed E-state index contributed by atoms with van der Waals surface area (Å²) in [7, 11) is 0. The molecule has 114 valence electrons. The molecule has 0 saturated heterocycles. The zero-order chi connectivity index (χ0) is 15.4. The normalized spacial score (nSPS) is 11.1. The number of rotatable bonds is 6. The number of nitrogens with one attached hydrogen (secondary N) is 1. The molecule has 0 aliphatic rings. The van der Waals surface area contributed by atoms with Crippen LogP contribution in [0, 0.1) is 13.8 Å². The van der Waals surface area contributed by atoms with Gasteiger partial charge >= 0.3 is 0 Å². The molecule has 2 aromatic rings. The third-order valence-electron chi connectivity index (χ3n) is 3.57. The second kappa shape index (κ2) is 6.98. The summed E-state index contributed by atoms with van der Waals surface area (Å²) in [5, 5.41) is 3.27. The summed E-state index contributed by atoms with van der Waals surface area (Å²) in [6, 6.07) is 9.33. The van der Waals surface area contributed by atoms with E-state index in [1.807, 2.05) is 12.1 Å². The van der Waals surface area contributed by atoms with Crippen molar-refractivity contribution in [1.29, 1.82) is 0 Å². The number of halogens is 2. The maximum Gasteiger partial charge on any atom is 0.288 e. The quantitative estimate of drug-likeness (QED) is 0.752. The summed E-state index contributed by atoms with van der Waals surface area (Å²) in [6.07, 6.45) is 0. The third kappa shape index (κ3) is 3.79. The van der Waals surface area contributed by atoms with Crippen LogP contribution >= 0.6 is 11.8 Å². The van der Waals surface area contributed by atoms with Crippen molar-refractivity contribution in [1.82, 2.24) is 4.57 Å². The predicted molar refractivity (Wildman–Crippen MR) is 85.2 cm³/mol. The van der Waals surface area contributed by atoms with Gasteiger partial charge in [0.2, 0.25) is 0 Å². The number of aryl methyl sites for hydroxylation is 1. The number of hydrogen-bond donors (Lipinski definition) is 1. The van der Waals surface area contributed by atoms with E-state index in [0.717, 1.165) is 12.2 Å². The number of alkyl halides is 2. The van der Waals surface area contributed by atoms with Crippen molar-refractivity contribution in [3.8, 4) is 0 Å². The molecule has 1 N–H and O–H groups in total. The molecule has 0 saturated carbocycles. The molecular formula is C16H20F2N2S. The van der Waals surface area contributed by atoms with Gasteiger partial charge in [-0.3, -0.25) is 0 Å². The third-order valence-corrected chi connectivity index (χ3v) is 4.36. The Balaban J connectivity index is 2.13. The lowest BCUT2D eigenvalue weighted by Crippen LogP contribution is -2.04. The molecule has 0 bridgehead atoms. The number of para-hydroxylation sites is 1. The largest absolute Gasteiger partial charge is 0.380 e. The first-order chi connectivity index (χ1) is 10.0. The molecule has 1 heterocycles. The Morgan fingerprint density at radius 2 is 1.95 bits per heavy atom. The fourth-order valence-electron chi connectivity index (χ4n) is 2.54. The summed E-state index contributed by atoms with van der Waals surface area (Å²) in [4.78, 5) is 0.580. The second-order valence-corrected chi connectivity index (χ2v) is 5.90. The van der Waals surface area contributed by atoms with E-state index in [9.17, 15) is 8.78 Å². The highest BCUT2D eigenvalue weighted by molar-refractivity contribution is 7.99. The molecule has 0 radical (unpaired) electrons. The lowest BCUT2D eigenvalue weighted by Gasteiger charge is -2.12. The fraction of sp³-hybridized carbons (Fsp3) is 0.375. The molecule has 0 fully saturated rings. The number of hydrogen-bond acceptors (Lipinski definition) is 2. The van der Waals surface area contributed by atoms with Crippen molar-refractivity contribution in [3.63, 3.8) is 0 Å². The van der Waals surface area contributed by atoms with Crippen LogP contribution in [0.4, 0.5) is 14.5 Å². The van der Waals surface area contributed by atoms with Crippen LogP contribution in [-0.4, -0.2) is 10.3 Å². The van der Waals surface area contributed by atoms with Crippen LogP contribution < -0.4 is 5.32 Å². The Kier molecular flexibility index (Phi) is 5.28. The minimum Gasteiger partial charge on any atom is -0.380 e. The zero-order valence-corrected chi connectivity index (χ0v) is 13.3. The molecule has 2 nitrogen and oxygen atoms in total. The van der Waals surface area contributed by atoms with E-state index in [4.69, 9.17) is 0 Å². The van der Waals surface area contributed by atoms with E-state index in [1.165, 1.54) is 17.0 Å². The summed E-state index contributed by atoms with van der Waals surface area (Å²) in [5.74, 6) is -2.40. The number of nitrogens with zero attached hydrogens (tertiary/aromatic N) is 1. The first-order valence-electron chi connectivity index (χ1n) is 6.96. The standard InChI is InChI=1S/C16H20F2N2S/c1-4-20-11(2)9-13(12(20)3)10-19-14-7-5-6-8-15(14)21-16(17)18/h5-9,16,19H,4,10H2,1-3H3. The number of aromatic nitrogens is 1. The van der Waals surface area contributed by atoms with Crippen LogP contribution in [0.5, 0.6) is 0 Å².